The Morgan fingerprint density at radius 1 is 1.07 bits per heavy atom. The Morgan fingerprint density at radius 3 is 2.54 bits per heavy atom. The zero-order chi connectivity index (χ0) is 19.8. The van der Waals surface area contributed by atoms with Gasteiger partial charge in [-0.2, -0.15) is 0 Å². The predicted octanol–water partition coefficient (Wildman–Crippen LogP) is 4.67. The minimum absolute atomic E-state index is 0.0601. The molecule has 3 aromatic rings. The van der Waals surface area contributed by atoms with E-state index in [2.05, 4.69) is 11.8 Å². The zero-order valence-corrected chi connectivity index (χ0v) is 17.0. The number of fused-ring (bicyclic) bond motifs is 1. The number of carbonyl (C=O) groups is 1. The van der Waals surface area contributed by atoms with Gasteiger partial charge in [0.2, 0.25) is 0 Å². The van der Waals surface area contributed by atoms with Gasteiger partial charge in [0, 0.05) is 47.8 Å². The van der Waals surface area contributed by atoms with E-state index in [0.717, 1.165) is 40.5 Å². The van der Waals surface area contributed by atoms with Crippen molar-refractivity contribution < 1.29 is 13.9 Å². The molecular formula is C22H23ClN2O3. The largest absolute Gasteiger partial charge is 0.497 e. The molecule has 1 aliphatic heterocycles. The summed E-state index contributed by atoms with van der Waals surface area (Å²) >= 11 is 6.16. The van der Waals surface area contributed by atoms with Gasteiger partial charge in [-0.3, -0.25) is 4.79 Å². The van der Waals surface area contributed by atoms with E-state index < -0.39 is 0 Å². The molecule has 0 atom stereocenters. The fourth-order valence-corrected chi connectivity index (χ4v) is 3.91. The maximum absolute atomic E-state index is 13.1. The maximum Gasteiger partial charge on any atom is 0.290 e. The van der Waals surface area contributed by atoms with Crippen molar-refractivity contribution in [2.24, 2.45) is 0 Å². The van der Waals surface area contributed by atoms with Crippen molar-refractivity contribution in [3.05, 3.63) is 58.3 Å². The van der Waals surface area contributed by atoms with Gasteiger partial charge >= 0.3 is 0 Å². The molecule has 1 saturated heterocycles. The first-order chi connectivity index (χ1) is 13.5. The molecule has 2 aromatic carbocycles. The van der Waals surface area contributed by atoms with Crippen molar-refractivity contribution in [1.29, 1.82) is 0 Å². The van der Waals surface area contributed by atoms with Crippen LogP contribution < -0.4 is 9.64 Å². The van der Waals surface area contributed by atoms with Crippen LogP contribution in [0.4, 0.5) is 5.69 Å². The number of carbonyl (C=O) groups excluding carboxylic acids is 1. The molecule has 0 radical (unpaired) electrons. The third-order valence-electron chi connectivity index (χ3n) is 5.42. The zero-order valence-electron chi connectivity index (χ0n) is 16.3. The average molecular weight is 399 g/mol. The minimum Gasteiger partial charge on any atom is -0.497 e. The average Bonchev–Trinajstić information content (AvgIpc) is 3.05. The molecule has 0 spiro atoms. The van der Waals surface area contributed by atoms with Gasteiger partial charge in [-0.15, -0.1) is 0 Å². The van der Waals surface area contributed by atoms with Crippen LogP contribution in [0.25, 0.3) is 11.0 Å². The molecule has 1 amide bonds. The van der Waals surface area contributed by atoms with Gasteiger partial charge in [-0.05, 0) is 49.7 Å². The molecule has 1 fully saturated rings. The molecule has 0 aliphatic carbocycles. The highest BCUT2D eigenvalue weighted by Crippen LogP contribution is 2.30. The lowest BCUT2D eigenvalue weighted by atomic mass is 10.1. The topological polar surface area (TPSA) is 45.9 Å². The summed E-state index contributed by atoms with van der Waals surface area (Å²) < 4.78 is 11.2. The van der Waals surface area contributed by atoms with E-state index in [1.54, 1.807) is 7.11 Å². The van der Waals surface area contributed by atoms with Gasteiger partial charge in [0.15, 0.2) is 5.76 Å². The highest BCUT2D eigenvalue weighted by Gasteiger charge is 2.27. The smallest absolute Gasteiger partial charge is 0.290 e. The first kappa shape index (κ1) is 18.7. The van der Waals surface area contributed by atoms with Crippen LogP contribution in [-0.4, -0.2) is 44.1 Å². The van der Waals surface area contributed by atoms with Crippen LogP contribution in [0.15, 0.2) is 40.8 Å². The molecule has 2 heterocycles. The number of ether oxygens (including phenoxy) is 1. The van der Waals surface area contributed by atoms with Crippen molar-refractivity contribution in [2.45, 2.75) is 13.8 Å². The number of benzene rings is 2. The summed E-state index contributed by atoms with van der Waals surface area (Å²) in [6, 6.07) is 11.5. The number of furan rings is 1. The lowest BCUT2D eigenvalue weighted by Crippen LogP contribution is -2.49. The fourth-order valence-electron chi connectivity index (χ4n) is 3.75. The number of halogens is 1. The van der Waals surface area contributed by atoms with E-state index in [1.165, 1.54) is 5.56 Å². The van der Waals surface area contributed by atoms with Crippen molar-refractivity contribution in [1.82, 2.24) is 4.90 Å². The molecule has 5 nitrogen and oxygen atoms in total. The second kappa shape index (κ2) is 7.40. The van der Waals surface area contributed by atoms with Gasteiger partial charge in [0.1, 0.15) is 11.3 Å². The van der Waals surface area contributed by atoms with Gasteiger partial charge < -0.3 is 19.0 Å². The van der Waals surface area contributed by atoms with Crippen LogP contribution in [0.5, 0.6) is 5.75 Å². The highest BCUT2D eigenvalue weighted by molar-refractivity contribution is 6.30. The molecule has 1 aliphatic rings. The number of hydrogen-bond donors (Lipinski definition) is 0. The lowest BCUT2D eigenvalue weighted by Gasteiger charge is -2.36. The minimum atomic E-state index is -0.0601. The molecule has 28 heavy (non-hydrogen) atoms. The Hall–Kier alpha value is -2.66. The molecule has 1 aromatic heterocycles. The van der Waals surface area contributed by atoms with Crippen molar-refractivity contribution in [3.8, 4) is 5.75 Å². The van der Waals surface area contributed by atoms with Gasteiger partial charge in [-0.1, -0.05) is 17.7 Å². The van der Waals surface area contributed by atoms with Gasteiger partial charge in [0.05, 0.1) is 7.11 Å². The summed E-state index contributed by atoms with van der Waals surface area (Å²) in [7, 11) is 1.63. The van der Waals surface area contributed by atoms with Crippen LogP contribution in [-0.2, 0) is 0 Å². The van der Waals surface area contributed by atoms with Crippen molar-refractivity contribution >= 4 is 34.2 Å². The number of nitrogens with zero attached hydrogens (tertiary/aromatic N) is 2. The second-order valence-corrected chi connectivity index (χ2v) is 7.56. The normalized spacial score (nSPS) is 14.6. The summed E-state index contributed by atoms with van der Waals surface area (Å²) in [5, 5.41) is 1.64. The SMILES string of the molecule is COc1ccc2oc(C(=O)N3CCN(c4cc(Cl)ccc4C)CC3)c(C)c2c1. The third kappa shape index (κ3) is 3.31. The standard InChI is InChI=1S/C22H23ClN2O3/c1-14-4-5-16(23)12-19(14)24-8-10-25(11-9-24)22(26)21-15(2)18-13-17(27-3)6-7-20(18)28-21/h4-7,12-13H,8-11H2,1-3H3. The van der Waals surface area contributed by atoms with E-state index >= 15 is 0 Å². The molecule has 0 bridgehead atoms. The first-order valence-corrected chi connectivity index (χ1v) is 9.73. The lowest BCUT2D eigenvalue weighted by molar-refractivity contribution is 0.0716. The Balaban J connectivity index is 1.52. The molecule has 0 saturated carbocycles. The van der Waals surface area contributed by atoms with Crippen LogP contribution in [0, 0.1) is 13.8 Å². The van der Waals surface area contributed by atoms with Crippen molar-refractivity contribution in [3.63, 3.8) is 0 Å². The molecule has 146 valence electrons. The van der Waals surface area contributed by atoms with E-state index in [0.29, 0.717) is 24.4 Å². The number of anilines is 1. The summed E-state index contributed by atoms with van der Waals surface area (Å²) in [5.74, 6) is 1.10. The first-order valence-electron chi connectivity index (χ1n) is 9.35. The Labute approximate surface area is 169 Å². The Bertz CT molecular complexity index is 1040. The predicted molar refractivity (Wildman–Crippen MR) is 112 cm³/mol. The summed E-state index contributed by atoms with van der Waals surface area (Å²) in [5.41, 5.74) is 3.87. The molecule has 0 N–H and O–H groups in total. The summed E-state index contributed by atoms with van der Waals surface area (Å²) in [6.07, 6.45) is 0. The maximum atomic E-state index is 13.1. The number of piperazine rings is 1. The highest BCUT2D eigenvalue weighted by atomic mass is 35.5. The number of aryl methyl sites for hydroxylation is 2. The molecular weight excluding hydrogens is 376 g/mol. The molecule has 4 rings (SSSR count). The van der Waals surface area contributed by atoms with Crippen LogP contribution >= 0.6 is 11.6 Å². The third-order valence-corrected chi connectivity index (χ3v) is 5.65. The summed E-state index contributed by atoms with van der Waals surface area (Å²) in [4.78, 5) is 17.2. The summed E-state index contributed by atoms with van der Waals surface area (Å²) in [6.45, 7) is 6.81. The van der Waals surface area contributed by atoms with E-state index in [-0.39, 0.29) is 5.91 Å². The number of amides is 1. The van der Waals surface area contributed by atoms with Crippen LogP contribution in [0.3, 0.4) is 0 Å². The van der Waals surface area contributed by atoms with Gasteiger partial charge in [0.25, 0.3) is 5.91 Å². The van der Waals surface area contributed by atoms with Crippen LogP contribution in [0.1, 0.15) is 21.7 Å². The number of methoxy groups -OCH3 is 1. The quantitative estimate of drug-likeness (QED) is 0.643. The molecule has 0 unspecified atom stereocenters. The number of rotatable bonds is 3. The second-order valence-electron chi connectivity index (χ2n) is 7.13. The van der Waals surface area contributed by atoms with E-state index in [1.807, 2.05) is 48.2 Å². The monoisotopic (exact) mass is 398 g/mol. The fraction of sp³-hybridized carbons (Fsp3) is 0.318. The van der Waals surface area contributed by atoms with E-state index in [4.69, 9.17) is 20.8 Å². The molecule has 6 heteroatoms. The van der Waals surface area contributed by atoms with Crippen LogP contribution in [0.2, 0.25) is 5.02 Å². The number of hydrogen-bond acceptors (Lipinski definition) is 4. The Morgan fingerprint density at radius 2 is 1.82 bits per heavy atom. The van der Waals surface area contributed by atoms with Gasteiger partial charge in [-0.25, -0.2) is 0 Å². The van der Waals surface area contributed by atoms with E-state index in [9.17, 15) is 4.79 Å². The van der Waals surface area contributed by atoms with Crippen molar-refractivity contribution in [2.75, 3.05) is 38.2 Å². The Kier molecular flexibility index (Phi) is 4.94.